The summed E-state index contributed by atoms with van der Waals surface area (Å²) in [7, 11) is 0. The van der Waals surface area contributed by atoms with Crippen LogP contribution in [0.4, 0.5) is 19.3 Å². The summed E-state index contributed by atoms with van der Waals surface area (Å²) in [5.41, 5.74) is -0.169. The van der Waals surface area contributed by atoms with Crippen molar-refractivity contribution in [3.05, 3.63) is 28.8 Å². The third-order valence-corrected chi connectivity index (χ3v) is 3.64. The molecule has 0 aliphatic carbocycles. The Morgan fingerprint density at radius 2 is 2.14 bits per heavy atom. The number of amides is 2. The van der Waals surface area contributed by atoms with Crippen molar-refractivity contribution in [2.24, 2.45) is 5.92 Å². The molecule has 1 aromatic carbocycles. The van der Waals surface area contributed by atoms with Crippen LogP contribution in [0.15, 0.2) is 18.2 Å². The lowest BCUT2D eigenvalue weighted by Crippen LogP contribution is -2.33. The molecule has 0 saturated carbocycles. The number of urea groups is 1. The van der Waals surface area contributed by atoms with Crippen molar-refractivity contribution in [1.82, 2.24) is 4.90 Å². The molecule has 0 aromatic heterocycles. The number of aliphatic carboxylic acids is 1. The summed E-state index contributed by atoms with van der Waals surface area (Å²) < 4.78 is 25.3. The number of hydrogen-bond acceptors (Lipinski definition) is 2. The molecule has 1 heterocycles. The minimum atomic E-state index is -2.67. The largest absolute Gasteiger partial charge is 0.481 e. The highest BCUT2D eigenvalue weighted by Gasteiger charge is 2.31. The number of halogens is 3. The molecule has 1 saturated heterocycles. The summed E-state index contributed by atoms with van der Waals surface area (Å²) in [5.74, 6) is -1.55. The molecular formula is C13H13ClF2N2O3. The first-order valence-electron chi connectivity index (χ1n) is 6.25. The maximum absolute atomic E-state index is 12.6. The molecule has 0 radical (unpaired) electrons. The van der Waals surface area contributed by atoms with Crippen LogP contribution < -0.4 is 5.32 Å². The van der Waals surface area contributed by atoms with E-state index in [9.17, 15) is 18.4 Å². The van der Waals surface area contributed by atoms with E-state index in [0.29, 0.717) is 13.0 Å². The highest BCUT2D eigenvalue weighted by Crippen LogP contribution is 2.28. The molecule has 2 amide bonds. The lowest BCUT2D eigenvalue weighted by atomic mass is 10.1. The number of nitrogens with one attached hydrogen (secondary N) is 1. The molecule has 2 N–H and O–H groups in total. The quantitative estimate of drug-likeness (QED) is 0.899. The van der Waals surface area contributed by atoms with E-state index in [-0.39, 0.29) is 22.8 Å². The van der Waals surface area contributed by atoms with Crippen LogP contribution in [0.5, 0.6) is 0 Å². The van der Waals surface area contributed by atoms with Gasteiger partial charge in [0, 0.05) is 18.7 Å². The van der Waals surface area contributed by atoms with Gasteiger partial charge in [0.25, 0.3) is 6.43 Å². The highest BCUT2D eigenvalue weighted by molar-refractivity contribution is 6.33. The first-order chi connectivity index (χ1) is 9.88. The Labute approximate surface area is 124 Å². The van der Waals surface area contributed by atoms with Gasteiger partial charge in [-0.1, -0.05) is 17.7 Å². The molecule has 5 nitrogen and oxygen atoms in total. The maximum atomic E-state index is 12.6. The minimum Gasteiger partial charge on any atom is -0.481 e. The van der Waals surface area contributed by atoms with Crippen molar-refractivity contribution in [1.29, 1.82) is 0 Å². The predicted molar refractivity (Wildman–Crippen MR) is 72.7 cm³/mol. The van der Waals surface area contributed by atoms with E-state index in [2.05, 4.69) is 5.32 Å². The number of carboxylic acid groups (broad SMARTS) is 1. The van der Waals surface area contributed by atoms with Gasteiger partial charge in [-0.3, -0.25) is 4.79 Å². The fraction of sp³-hybridized carbons (Fsp3) is 0.385. The first kappa shape index (κ1) is 15.5. The van der Waals surface area contributed by atoms with Gasteiger partial charge in [-0.15, -0.1) is 0 Å². The number of anilines is 1. The number of likely N-dealkylation sites (tertiary alicyclic amines) is 1. The van der Waals surface area contributed by atoms with Crippen molar-refractivity contribution in [3.8, 4) is 0 Å². The van der Waals surface area contributed by atoms with Crippen LogP contribution in [0.1, 0.15) is 18.4 Å². The minimum absolute atomic E-state index is 0.0817. The number of alkyl halides is 2. The third-order valence-electron chi connectivity index (χ3n) is 3.31. The fourth-order valence-corrected chi connectivity index (χ4v) is 2.28. The van der Waals surface area contributed by atoms with E-state index in [1.807, 2.05) is 0 Å². The normalized spacial score (nSPS) is 18.1. The van der Waals surface area contributed by atoms with Crippen molar-refractivity contribution in [2.75, 3.05) is 18.4 Å². The Bertz CT molecular complexity index is 568. The second kappa shape index (κ2) is 6.26. The SMILES string of the molecule is O=C(O)C1CCN(C(=O)Nc2cc(C(F)F)ccc2Cl)C1. The van der Waals surface area contributed by atoms with Crippen LogP contribution in [-0.2, 0) is 4.79 Å². The van der Waals surface area contributed by atoms with Crippen LogP contribution >= 0.6 is 11.6 Å². The number of hydrogen-bond donors (Lipinski definition) is 2. The van der Waals surface area contributed by atoms with E-state index in [1.165, 1.54) is 17.0 Å². The van der Waals surface area contributed by atoms with Crippen LogP contribution in [-0.4, -0.2) is 35.1 Å². The van der Waals surface area contributed by atoms with E-state index >= 15 is 0 Å². The van der Waals surface area contributed by atoms with Gasteiger partial charge in [0.15, 0.2) is 0 Å². The summed E-state index contributed by atoms with van der Waals surface area (Å²) in [4.78, 5) is 24.2. The molecule has 21 heavy (non-hydrogen) atoms. The third kappa shape index (κ3) is 3.60. The van der Waals surface area contributed by atoms with Crippen LogP contribution in [0.3, 0.4) is 0 Å². The van der Waals surface area contributed by atoms with Crippen LogP contribution in [0.2, 0.25) is 5.02 Å². The van der Waals surface area contributed by atoms with Crippen LogP contribution in [0.25, 0.3) is 0 Å². The van der Waals surface area contributed by atoms with Crippen molar-refractivity contribution >= 4 is 29.3 Å². The standard InChI is InChI=1S/C13H13ClF2N2O3/c14-9-2-1-7(11(15)16)5-10(9)17-13(21)18-4-3-8(6-18)12(19)20/h1-2,5,8,11H,3-4,6H2,(H,17,21)(H,19,20). The molecule has 1 unspecified atom stereocenters. The molecular weight excluding hydrogens is 306 g/mol. The Hall–Kier alpha value is -1.89. The fourth-order valence-electron chi connectivity index (χ4n) is 2.11. The van der Waals surface area contributed by atoms with E-state index < -0.39 is 24.3 Å². The van der Waals surface area contributed by atoms with E-state index in [4.69, 9.17) is 16.7 Å². The number of carbonyl (C=O) groups excluding carboxylic acids is 1. The smallest absolute Gasteiger partial charge is 0.321 e. The molecule has 1 aromatic rings. The van der Waals surface area contributed by atoms with Crippen molar-refractivity contribution < 1.29 is 23.5 Å². The zero-order valence-corrected chi connectivity index (χ0v) is 11.6. The second-order valence-electron chi connectivity index (χ2n) is 4.74. The summed E-state index contributed by atoms with van der Waals surface area (Å²) in [5, 5.41) is 11.5. The van der Waals surface area contributed by atoms with Crippen molar-refractivity contribution in [3.63, 3.8) is 0 Å². The first-order valence-corrected chi connectivity index (χ1v) is 6.62. The van der Waals surface area contributed by atoms with Gasteiger partial charge < -0.3 is 15.3 Å². The van der Waals surface area contributed by atoms with Gasteiger partial charge in [0.05, 0.1) is 16.6 Å². The topological polar surface area (TPSA) is 69.6 Å². The average Bonchev–Trinajstić information content (AvgIpc) is 2.90. The van der Waals surface area contributed by atoms with Gasteiger partial charge in [0.1, 0.15) is 0 Å². The molecule has 0 bridgehead atoms. The summed E-state index contributed by atoms with van der Waals surface area (Å²) in [6, 6.07) is 3.02. The summed E-state index contributed by atoms with van der Waals surface area (Å²) >= 11 is 5.86. The number of benzene rings is 1. The van der Waals surface area contributed by atoms with Gasteiger partial charge >= 0.3 is 12.0 Å². The molecule has 8 heteroatoms. The van der Waals surface area contributed by atoms with E-state index in [0.717, 1.165) is 6.07 Å². The lowest BCUT2D eigenvalue weighted by Gasteiger charge is -2.17. The number of carboxylic acids is 1. The van der Waals surface area contributed by atoms with Gasteiger partial charge in [0.2, 0.25) is 0 Å². The Kier molecular flexibility index (Phi) is 4.62. The maximum Gasteiger partial charge on any atom is 0.321 e. The van der Waals surface area contributed by atoms with Gasteiger partial charge in [-0.2, -0.15) is 0 Å². The zero-order chi connectivity index (χ0) is 15.6. The molecule has 0 spiro atoms. The van der Waals surface area contributed by atoms with Gasteiger partial charge in [-0.05, 0) is 18.6 Å². The second-order valence-corrected chi connectivity index (χ2v) is 5.15. The monoisotopic (exact) mass is 318 g/mol. The number of nitrogens with zero attached hydrogens (tertiary/aromatic N) is 1. The Balaban J connectivity index is 2.06. The molecule has 2 rings (SSSR count). The molecule has 1 aliphatic heterocycles. The zero-order valence-electron chi connectivity index (χ0n) is 10.9. The van der Waals surface area contributed by atoms with Crippen molar-refractivity contribution in [2.45, 2.75) is 12.8 Å². The molecule has 114 valence electrons. The Morgan fingerprint density at radius 3 is 2.71 bits per heavy atom. The lowest BCUT2D eigenvalue weighted by molar-refractivity contribution is -0.141. The average molecular weight is 319 g/mol. The highest BCUT2D eigenvalue weighted by atomic mass is 35.5. The van der Waals surface area contributed by atoms with E-state index in [1.54, 1.807) is 0 Å². The predicted octanol–water partition coefficient (Wildman–Crippen LogP) is 3.22. The summed E-state index contributed by atoms with van der Waals surface area (Å²) in [6.07, 6.45) is -2.30. The number of carbonyl (C=O) groups is 2. The number of rotatable bonds is 3. The summed E-state index contributed by atoms with van der Waals surface area (Å²) in [6.45, 7) is 0.391. The molecule has 1 aliphatic rings. The Morgan fingerprint density at radius 1 is 1.43 bits per heavy atom. The molecule has 1 fully saturated rings. The molecule has 1 atom stereocenters. The van der Waals surface area contributed by atoms with Gasteiger partial charge in [-0.25, -0.2) is 13.6 Å². The van der Waals surface area contributed by atoms with Crippen LogP contribution in [0, 0.1) is 5.92 Å².